The van der Waals surface area contributed by atoms with Crippen LogP contribution in [0.3, 0.4) is 0 Å². The first-order valence-corrected chi connectivity index (χ1v) is 10.0. The van der Waals surface area contributed by atoms with Crippen LogP contribution in [0.25, 0.3) is 22.2 Å². The van der Waals surface area contributed by atoms with Gasteiger partial charge in [-0.15, -0.1) is 0 Å². The summed E-state index contributed by atoms with van der Waals surface area (Å²) in [6.07, 6.45) is 1.28. The van der Waals surface area contributed by atoms with Gasteiger partial charge in [-0.1, -0.05) is 0 Å². The number of aliphatic hydroxyl groups is 1. The van der Waals surface area contributed by atoms with Gasteiger partial charge in [-0.2, -0.15) is 0 Å². The highest BCUT2D eigenvalue weighted by Crippen LogP contribution is 2.41. The van der Waals surface area contributed by atoms with Crippen LogP contribution in [0.4, 0.5) is 13.2 Å². The van der Waals surface area contributed by atoms with Gasteiger partial charge in [0.25, 0.3) is 0 Å². The van der Waals surface area contributed by atoms with Crippen LogP contribution in [0.15, 0.2) is 36.4 Å². The average Bonchev–Trinajstić information content (AvgIpc) is 3.01. The van der Waals surface area contributed by atoms with Crippen molar-refractivity contribution < 1.29 is 23.1 Å². The average molecular weight is 416 g/mol. The molecule has 1 fully saturated rings. The minimum absolute atomic E-state index is 0.0816. The molecule has 4 nitrogen and oxygen atoms in total. The number of halogens is 3. The number of carbonyl (C=O) groups excluding carboxylic acids is 1. The molecular formula is C23H23F3N2O2. The Hall–Kier alpha value is -2.80. The molecule has 30 heavy (non-hydrogen) atoms. The summed E-state index contributed by atoms with van der Waals surface area (Å²) in [5.41, 5.74) is 2.31. The fourth-order valence-corrected chi connectivity index (χ4v) is 4.15. The molecule has 1 aliphatic rings. The lowest BCUT2D eigenvalue weighted by Gasteiger charge is -2.34. The number of hydrogen-bond acceptors (Lipinski definition) is 2. The van der Waals surface area contributed by atoms with Crippen LogP contribution in [-0.4, -0.2) is 28.6 Å². The molecular weight excluding hydrogens is 393 g/mol. The van der Waals surface area contributed by atoms with Crippen LogP contribution in [-0.2, 0) is 11.2 Å². The highest BCUT2D eigenvalue weighted by atomic mass is 19.1. The van der Waals surface area contributed by atoms with E-state index in [0.29, 0.717) is 35.9 Å². The molecule has 158 valence electrons. The van der Waals surface area contributed by atoms with E-state index >= 15 is 0 Å². The Morgan fingerprint density at radius 1 is 1.17 bits per heavy atom. The summed E-state index contributed by atoms with van der Waals surface area (Å²) < 4.78 is 41.6. The van der Waals surface area contributed by atoms with Crippen molar-refractivity contribution in [2.24, 2.45) is 11.8 Å². The summed E-state index contributed by atoms with van der Waals surface area (Å²) in [5, 5.41) is 12.5. The van der Waals surface area contributed by atoms with Crippen LogP contribution in [0.1, 0.15) is 25.3 Å². The maximum absolute atomic E-state index is 14.4. The van der Waals surface area contributed by atoms with Gasteiger partial charge in [-0.3, -0.25) is 4.79 Å². The van der Waals surface area contributed by atoms with Gasteiger partial charge in [0.15, 0.2) is 0 Å². The Morgan fingerprint density at radius 2 is 1.87 bits per heavy atom. The number of aliphatic hydroxyl groups excluding tert-OH is 1. The summed E-state index contributed by atoms with van der Waals surface area (Å²) in [6.45, 7) is 1.83. The molecule has 1 unspecified atom stereocenters. The third-order valence-corrected chi connectivity index (χ3v) is 5.74. The van der Waals surface area contributed by atoms with Crippen LogP contribution in [0, 0.1) is 29.3 Å². The number of hydrogen-bond donors (Lipinski definition) is 3. The molecule has 0 radical (unpaired) electrons. The molecule has 2 aromatic carbocycles. The molecule has 1 heterocycles. The number of benzene rings is 2. The lowest BCUT2D eigenvalue weighted by molar-refractivity contribution is -0.129. The first-order valence-electron chi connectivity index (χ1n) is 10.0. The quantitative estimate of drug-likeness (QED) is 0.560. The van der Waals surface area contributed by atoms with Gasteiger partial charge in [0, 0.05) is 29.6 Å². The van der Waals surface area contributed by atoms with Gasteiger partial charge < -0.3 is 15.4 Å². The molecule has 0 spiro atoms. The van der Waals surface area contributed by atoms with E-state index in [1.54, 1.807) is 19.1 Å². The maximum Gasteiger partial charge on any atom is 0.223 e. The third kappa shape index (κ3) is 4.07. The Balaban J connectivity index is 1.59. The molecule has 1 saturated carbocycles. The van der Waals surface area contributed by atoms with E-state index in [1.165, 1.54) is 18.2 Å². The van der Waals surface area contributed by atoms with Crippen LogP contribution in [0.5, 0.6) is 0 Å². The molecule has 3 N–H and O–H groups in total. The number of H-pyrrole nitrogens is 1. The summed E-state index contributed by atoms with van der Waals surface area (Å²) in [4.78, 5) is 15.2. The SMILES string of the molecule is CC(O)CNC(=O)C1CC(Cc2c(-c3ccc(F)cc3)[nH]c3c(F)cc(F)cc23)C1. The second-order valence-corrected chi connectivity index (χ2v) is 8.13. The van der Waals surface area contributed by atoms with Gasteiger partial charge >= 0.3 is 0 Å². The van der Waals surface area contributed by atoms with E-state index in [1.807, 2.05) is 0 Å². The second-order valence-electron chi connectivity index (χ2n) is 8.13. The third-order valence-electron chi connectivity index (χ3n) is 5.74. The van der Waals surface area contributed by atoms with Crippen LogP contribution in [0.2, 0.25) is 0 Å². The molecule has 0 aliphatic heterocycles. The minimum atomic E-state index is -0.677. The van der Waals surface area contributed by atoms with Crippen molar-refractivity contribution in [2.75, 3.05) is 6.54 Å². The van der Waals surface area contributed by atoms with Gasteiger partial charge in [0.1, 0.15) is 17.5 Å². The summed E-state index contributed by atoms with van der Waals surface area (Å²) in [6, 6.07) is 8.00. The first-order chi connectivity index (χ1) is 14.3. The van der Waals surface area contributed by atoms with Crippen LogP contribution >= 0.6 is 0 Å². The van der Waals surface area contributed by atoms with E-state index in [9.17, 15) is 23.1 Å². The highest BCUT2D eigenvalue weighted by Gasteiger charge is 2.35. The van der Waals surface area contributed by atoms with Gasteiger partial charge in [0.05, 0.1) is 11.6 Å². The number of aromatic amines is 1. The monoisotopic (exact) mass is 416 g/mol. The zero-order chi connectivity index (χ0) is 21.4. The minimum Gasteiger partial charge on any atom is -0.392 e. The highest BCUT2D eigenvalue weighted by molar-refractivity contribution is 5.91. The van der Waals surface area contributed by atoms with Crippen molar-refractivity contribution in [1.82, 2.24) is 10.3 Å². The Kier molecular flexibility index (Phi) is 5.56. The van der Waals surface area contributed by atoms with Crippen molar-refractivity contribution in [2.45, 2.75) is 32.3 Å². The number of nitrogens with one attached hydrogen (secondary N) is 2. The maximum atomic E-state index is 14.4. The normalized spacial score (nSPS) is 19.5. The molecule has 7 heteroatoms. The van der Waals surface area contributed by atoms with Crippen molar-refractivity contribution in [3.05, 3.63) is 59.4 Å². The zero-order valence-corrected chi connectivity index (χ0v) is 16.5. The van der Waals surface area contributed by atoms with Crippen molar-refractivity contribution in [1.29, 1.82) is 0 Å². The summed E-state index contributed by atoms with van der Waals surface area (Å²) >= 11 is 0. The van der Waals surface area contributed by atoms with E-state index in [4.69, 9.17) is 0 Å². The second kappa shape index (κ2) is 8.14. The standard InChI is InChI=1S/C23H23F3N2O2/c1-12(29)11-27-23(30)15-6-13(7-15)8-18-19-9-17(25)10-20(26)22(19)28-21(18)14-2-4-16(24)5-3-14/h2-5,9-10,12-13,15,28-29H,6-8,11H2,1H3,(H,27,30). The Morgan fingerprint density at radius 3 is 2.53 bits per heavy atom. The first kappa shape index (κ1) is 20.5. The fourth-order valence-electron chi connectivity index (χ4n) is 4.15. The topological polar surface area (TPSA) is 65.1 Å². The molecule has 1 aliphatic carbocycles. The molecule has 1 atom stereocenters. The predicted octanol–water partition coefficient (Wildman–Crippen LogP) is 4.32. The Labute approximate surface area is 172 Å². The van der Waals surface area contributed by atoms with E-state index in [-0.39, 0.29) is 35.6 Å². The van der Waals surface area contributed by atoms with Crippen molar-refractivity contribution >= 4 is 16.8 Å². The van der Waals surface area contributed by atoms with Crippen molar-refractivity contribution in [3.8, 4) is 11.3 Å². The number of amides is 1. The summed E-state index contributed by atoms with van der Waals surface area (Å²) in [7, 11) is 0. The number of carbonyl (C=O) groups is 1. The molecule has 0 bridgehead atoms. The largest absolute Gasteiger partial charge is 0.392 e. The Bertz CT molecular complexity index is 1070. The lowest BCUT2D eigenvalue weighted by atomic mass is 9.71. The molecule has 3 aromatic rings. The molecule has 1 aromatic heterocycles. The molecule has 0 saturated heterocycles. The van der Waals surface area contributed by atoms with Gasteiger partial charge in [-0.25, -0.2) is 13.2 Å². The number of fused-ring (bicyclic) bond motifs is 1. The van der Waals surface area contributed by atoms with Crippen molar-refractivity contribution in [3.63, 3.8) is 0 Å². The van der Waals surface area contributed by atoms with Crippen LogP contribution < -0.4 is 5.32 Å². The van der Waals surface area contributed by atoms with Gasteiger partial charge in [0.2, 0.25) is 5.91 Å². The number of rotatable bonds is 6. The van der Waals surface area contributed by atoms with Gasteiger partial charge in [-0.05, 0) is 73.6 Å². The lowest BCUT2D eigenvalue weighted by Crippen LogP contribution is -2.41. The fraction of sp³-hybridized carbons (Fsp3) is 0.348. The smallest absolute Gasteiger partial charge is 0.223 e. The number of aromatic nitrogens is 1. The van der Waals surface area contributed by atoms with E-state index in [0.717, 1.165) is 11.6 Å². The van der Waals surface area contributed by atoms with E-state index in [2.05, 4.69) is 10.3 Å². The summed E-state index contributed by atoms with van der Waals surface area (Å²) in [5.74, 6) is -1.72. The predicted molar refractivity (Wildman–Crippen MR) is 108 cm³/mol. The molecule has 4 rings (SSSR count). The zero-order valence-electron chi connectivity index (χ0n) is 16.5. The van der Waals surface area contributed by atoms with E-state index < -0.39 is 17.7 Å². The molecule has 1 amide bonds.